The summed E-state index contributed by atoms with van der Waals surface area (Å²) in [5, 5.41) is 2.74. The Hall–Kier alpha value is -1.15. The van der Waals surface area contributed by atoms with Crippen LogP contribution in [0.1, 0.15) is 32.6 Å². The molecule has 0 aliphatic heterocycles. The van der Waals surface area contributed by atoms with Crippen LogP contribution in [0.3, 0.4) is 0 Å². The van der Waals surface area contributed by atoms with Gasteiger partial charge in [-0.15, -0.1) is 0 Å². The number of hydrogen-bond donors (Lipinski definition) is 2. The zero-order valence-electron chi connectivity index (χ0n) is 11.9. The van der Waals surface area contributed by atoms with Crippen LogP contribution in [0.15, 0.2) is 24.3 Å². The fraction of sp³-hybridized carbons (Fsp3) is 0.467. The first kappa shape index (κ1) is 16.2. The molecule has 1 atom stereocenters. The topological polar surface area (TPSA) is 67.4 Å². The zero-order valence-corrected chi connectivity index (χ0v) is 14.1. The van der Waals surface area contributed by atoms with Gasteiger partial charge in [0.2, 0.25) is 5.91 Å². The maximum atomic E-state index is 11.9. The van der Waals surface area contributed by atoms with E-state index in [0.29, 0.717) is 5.69 Å². The lowest BCUT2D eigenvalue weighted by molar-refractivity contribution is -0.147. The first-order valence-corrected chi connectivity index (χ1v) is 8.16. The van der Waals surface area contributed by atoms with Crippen LogP contribution < -0.4 is 10.8 Å². The summed E-state index contributed by atoms with van der Waals surface area (Å²) in [5.74, 6) is -0.388. The van der Waals surface area contributed by atoms with E-state index in [0.717, 1.165) is 29.3 Å². The minimum atomic E-state index is -0.741. The molecule has 5 nitrogen and oxygen atoms in total. The van der Waals surface area contributed by atoms with Gasteiger partial charge in [-0.2, -0.15) is 0 Å². The van der Waals surface area contributed by atoms with Crippen molar-refractivity contribution in [1.29, 1.82) is 0 Å². The predicted molar refractivity (Wildman–Crippen MR) is 88.4 cm³/mol. The standard InChI is InChI=1S/C15H19IN2O3/c1-10(21-18-15(20)11-4-2-3-5-11)14(19)17-13-8-6-12(16)7-9-13/h6-11H,2-5H2,1H3,(H,17,19)(H,18,20). The van der Waals surface area contributed by atoms with Crippen molar-refractivity contribution in [2.24, 2.45) is 5.92 Å². The van der Waals surface area contributed by atoms with Crippen molar-refractivity contribution in [3.05, 3.63) is 27.8 Å². The molecule has 0 saturated heterocycles. The number of carbonyl (C=O) groups is 2. The predicted octanol–water partition coefficient (Wildman–Crippen LogP) is 2.86. The molecule has 0 bridgehead atoms. The minimum Gasteiger partial charge on any atom is -0.324 e. The van der Waals surface area contributed by atoms with Crippen LogP contribution in [0.2, 0.25) is 0 Å². The number of amides is 2. The summed E-state index contributed by atoms with van der Waals surface area (Å²) in [7, 11) is 0. The van der Waals surface area contributed by atoms with Crippen LogP contribution in [0, 0.1) is 9.49 Å². The van der Waals surface area contributed by atoms with Gasteiger partial charge in [0, 0.05) is 15.2 Å². The van der Waals surface area contributed by atoms with Crippen molar-refractivity contribution >= 4 is 40.1 Å². The Morgan fingerprint density at radius 3 is 2.48 bits per heavy atom. The molecule has 1 saturated carbocycles. The summed E-state index contributed by atoms with van der Waals surface area (Å²) in [6.07, 6.45) is 3.23. The van der Waals surface area contributed by atoms with Gasteiger partial charge in [-0.3, -0.25) is 14.4 Å². The maximum Gasteiger partial charge on any atom is 0.255 e. The van der Waals surface area contributed by atoms with E-state index in [2.05, 4.69) is 33.4 Å². The summed E-state index contributed by atoms with van der Waals surface area (Å²) in [5.41, 5.74) is 3.11. The van der Waals surface area contributed by atoms with E-state index in [9.17, 15) is 9.59 Å². The van der Waals surface area contributed by atoms with Crippen molar-refractivity contribution in [3.8, 4) is 0 Å². The van der Waals surface area contributed by atoms with Crippen molar-refractivity contribution in [3.63, 3.8) is 0 Å². The normalized spacial score (nSPS) is 16.5. The first-order chi connectivity index (χ1) is 10.1. The molecule has 0 heterocycles. The summed E-state index contributed by atoms with van der Waals surface area (Å²) < 4.78 is 1.10. The maximum absolute atomic E-state index is 11.9. The number of anilines is 1. The van der Waals surface area contributed by atoms with Crippen molar-refractivity contribution in [1.82, 2.24) is 5.48 Å². The highest BCUT2D eigenvalue weighted by Crippen LogP contribution is 2.24. The van der Waals surface area contributed by atoms with Crippen LogP contribution in [0.25, 0.3) is 0 Å². The lowest BCUT2D eigenvalue weighted by atomic mass is 10.1. The van der Waals surface area contributed by atoms with Gasteiger partial charge in [0.25, 0.3) is 5.91 Å². The zero-order chi connectivity index (χ0) is 15.2. The van der Waals surface area contributed by atoms with E-state index in [-0.39, 0.29) is 17.7 Å². The number of hydroxylamine groups is 1. The molecule has 0 spiro atoms. The van der Waals surface area contributed by atoms with Gasteiger partial charge >= 0.3 is 0 Å². The molecule has 1 aliphatic carbocycles. The molecule has 2 amide bonds. The second-order valence-electron chi connectivity index (χ2n) is 5.20. The largest absolute Gasteiger partial charge is 0.324 e. The second kappa shape index (κ2) is 7.74. The van der Waals surface area contributed by atoms with E-state index in [1.54, 1.807) is 6.92 Å². The third-order valence-corrected chi connectivity index (χ3v) is 4.26. The van der Waals surface area contributed by atoms with Crippen LogP contribution in [0.5, 0.6) is 0 Å². The van der Waals surface area contributed by atoms with Gasteiger partial charge < -0.3 is 5.32 Å². The number of halogens is 1. The molecule has 1 aromatic rings. The molecular formula is C15H19IN2O3. The fourth-order valence-electron chi connectivity index (χ4n) is 2.25. The molecule has 2 rings (SSSR count). The number of nitrogens with one attached hydrogen (secondary N) is 2. The van der Waals surface area contributed by atoms with E-state index in [1.165, 1.54) is 0 Å². The third-order valence-electron chi connectivity index (χ3n) is 3.54. The second-order valence-corrected chi connectivity index (χ2v) is 6.45. The van der Waals surface area contributed by atoms with E-state index < -0.39 is 6.10 Å². The molecule has 1 aliphatic rings. The van der Waals surface area contributed by atoms with Gasteiger partial charge in [0.15, 0.2) is 6.10 Å². The average Bonchev–Trinajstić information content (AvgIpc) is 3.01. The van der Waals surface area contributed by atoms with Crippen LogP contribution >= 0.6 is 22.6 Å². The summed E-state index contributed by atoms with van der Waals surface area (Å²) in [6, 6.07) is 7.46. The molecule has 0 aromatic heterocycles. The number of benzene rings is 1. The molecule has 2 N–H and O–H groups in total. The van der Waals surface area contributed by atoms with Crippen LogP contribution in [0.4, 0.5) is 5.69 Å². The first-order valence-electron chi connectivity index (χ1n) is 7.08. The molecule has 1 unspecified atom stereocenters. The summed E-state index contributed by atoms with van der Waals surface area (Å²) >= 11 is 2.20. The molecule has 21 heavy (non-hydrogen) atoms. The number of hydrogen-bond acceptors (Lipinski definition) is 3. The van der Waals surface area contributed by atoms with Gasteiger partial charge in [-0.05, 0) is 66.6 Å². The smallest absolute Gasteiger partial charge is 0.255 e. The molecule has 114 valence electrons. The molecule has 1 aromatic carbocycles. The molecular weight excluding hydrogens is 383 g/mol. The lowest BCUT2D eigenvalue weighted by Crippen LogP contribution is -2.37. The van der Waals surface area contributed by atoms with Crippen molar-refractivity contribution in [2.45, 2.75) is 38.7 Å². The van der Waals surface area contributed by atoms with Crippen molar-refractivity contribution < 1.29 is 14.4 Å². The molecule has 0 radical (unpaired) electrons. The fourth-order valence-corrected chi connectivity index (χ4v) is 2.61. The van der Waals surface area contributed by atoms with E-state index in [4.69, 9.17) is 4.84 Å². The van der Waals surface area contributed by atoms with Crippen LogP contribution in [-0.4, -0.2) is 17.9 Å². The highest BCUT2D eigenvalue weighted by Gasteiger charge is 2.24. The SMILES string of the molecule is CC(ONC(=O)C1CCCC1)C(=O)Nc1ccc(I)cc1. The summed E-state index contributed by atoms with van der Waals surface area (Å²) in [6.45, 7) is 1.61. The summed E-state index contributed by atoms with van der Waals surface area (Å²) in [4.78, 5) is 28.9. The van der Waals surface area contributed by atoms with E-state index >= 15 is 0 Å². The molecule has 1 fully saturated rings. The highest BCUT2D eigenvalue weighted by molar-refractivity contribution is 14.1. The Bertz CT molecular complexity index is 498. The van der Waals surface area contributed by atoms with Crippen LogP contribution in [-0.2, 0) is 14.4 Å². The van der Waals surface area contributed by atoms with Gasteiger partial charge in [0.05, 0.1) is 0 Å². The van der Waals surface area contributed by atoms with Gasteiger partial charge in [0.1, 0.15) is 0 Å². The Morgan fingerprint density at radius 2 is 1.86 bits per heavy atom. The molecule has 6 heteroatoms. The Kier molecular flexibility index (Phi) is 5.98. The number of rotatable bonds is 5. The lowest BCUT2D eigenvalue weighted by Gasteiger charge is -2.15. The highest BCUT2D eigenvalue weighted by atomic mass is 127. The monoisotopic (exact) mass is 402 g/mol. The van der Waals surface area contributed by atoms with Crippen molar-refractivity contribution in [2.75, 3.05) is 5.32 Å². The number of carbonyl (C=O) groups excluding carboxylic acids is 2. The van der Waals surface area contributed by atoms with Gasteiger partial charge in [-0.25, -0.2) is 5.48 Å². The Labute approximate surface area is 137 Å². The quantitative estimate of drug-likeness (QED) is 0.588. The average molecular weight is 402 g/mol. The van der Waals surface area contributed by atoms with E-state index in [1.807, 2.05) is 24.3 Å². The van der Waals surface area contributed by atoms with Gasteiger partial charge in [-0.1, -0.05) is 12.8 Å². The Balaban J connectivity index is 1.76. The minimum absolute atomic E-state index is 0.0245. The Morgan fingerprint density at radius 1 is 1.24 bits per heavy atom. The third kappa shape index (κ3) is 4.96.